The molecule has 25 heavy (non-hydrogen) atoms. The normalized spacial score (nSPS) is 10.0. The third-order valence-corrected chi connectivity index (χ3v) is 3.19. The largest absolute Gasteiger partial charge is 0.461 e. The second-order valence-electron chi connectivity index (χ2n) is 4.73. The van der Waals surface area contributed by atoms with Gasteiger partial charge in [-0.05, 0) is 27.7 Å². The fourth-order valence-corrected chi connectivity index (χ4v) is 2.23. The summed E-state index contributed by atoms with van der Waals surface area (Å²) in [6.07, 6.45) is 0. The Bertz CT molecular complexity index is 795. The van der Waals surface area contributed by atoms with Crippen LogP contribution in [0, 0.1) is 13.8 Å². The minimum atomic E-state index is -0.947. The summed E-state index contributed by atoms with van der Waals surface area (Å²) in [5.41, 5.74) is 1.37. The van der Waals surface area contributed by atoms with Crippen LogP contribution in [-0.4, -0.2) is 45.5 Å². The quantitative estimate of drug-likeness (QED) is 0.464. The van der Waals surface area contributed by atoms with Crippen LogP contribution in [0.3, 0.4) is 0 Å². The van der Waals surface area contributed by atoms with Gasteiger partial charge in [-0.3, -0.25) is 4.79 Å². The maximum atomic E-state index is 12.2. The molecule has 136 valence electrons. The Hall–Kier alpha value is -2.77. The number of aromatic nitrogens is 3. The van der Waals surface area contributed by atoms with Crippen LogP contribution >= 0.6 is 0 Å². The van der Waals surface area contributed by atoms with Crippen LogP contribution in [-0.2, 0) is 14.3 Å². The van der Waals surface area contributed by atoms with Gasteiger partial charge >= 0.3 is 11.9 Å². The van der Waals surface area contributed by atoms with E-state index < -0.39 is 17.7 Å². The zero-order valence-corrected chi connectivity index (χ0v) is 15.4. The van der Waals surface area contributed by atoms with Crippen LogP contribution in [0.4, 0.5) is 0 Å². The zero-order valence-electron chi connectivity index (χ0n) is 15.4. The second-order valence-corrected chi connectivity index (χ2v) is 4.73. The molecule has 0 saturated heterocycles. The summed E-state index contributed by atoms with van der Waals surface area (Å²) in [4.78, 5) is 39.9. The number of carbonyl (C=O) groups excluding carboxylic acids is 3. The highest BCUT2D eigenvalue weighted by atomic mass is 16.5. The fraction of sp³-hybridized carbons (Fsp3) is 0.471. The first-order chi connectivity index (χ1) is 11.9. The summed E-state index contributed by atoms with van der Waals surface area (Å²) in [6, 6.07) is 1.47. The molecule has 8 nitrogen and oxygen atoms in total. The number of carbonyl (C=O) groups is 3. The molecule has 2 aromatic rings. The molecule has 0 aliphatic rings. The number of aryl methyl sites for hydroxylation is 2. The average Bonchev–Trinajstić information content (AvgIpc) is 3.01. The molecule has 0 spiro atoms. The van der Waals surface area contributed by atoms with Gasteiger partial charge in [-0.1, -0.05) is 13.8 Å². The first kappa shape index (κ1) is 20.3. The number of hydrogen-bond donors (Lipinski definition) is 0. The predicted octanol–water partition coefficient (Wildman–Crippen LogP) is 2.29. The molecular weight excluding hydrogens is 326 g/mol. The summed E-state index contributed by atoms with van der Waals surface area (Å²) in [5, 5.41) is 4.10. The van der Waals surface area contributed by atoms with Gasteiger partial charge in [0.15, 0.2) is 11.3 Å². The third-order valence-electron chi connectivity index (χ3n) is 3.19. The Kier molecular flexibility index (Phi) is 7.22. The molecule has 2 aromatic heterocycles. The van der Waals surface area contributed by atoms with Gasteiger partial charge in [0.05, 0.1) is 30.2 Å². The highest BCUT2D eigenvalue weighted by Gasteiger charge is 2.25. The van der Waals surface area contributed by atoms with E-state index in [1.807, 2.05) is 13.8 Å². The van der Waals surface area contributed by atoms with Crippen molar-refractivity contribution in [2.24, 2.45) is 0 Å². The van der Waals surface area contributed by atoms with E-state index in [0.29, 0.717) is 17.0 Å². The molecule has 0 saturated carbocycles. The maximum absolute atomic E-state index is 12.2. The van der Waals surface area contributed by atoms with Crippen LogP contribution in [0.15, 0.2) is 6.07 Å². The molecule has 2 rings (SSSR count). The van der Waals surface area contributed by atoms with E-state index in [1.54, 1.807) is 27.7 Å². The number of Topliss-reactive ketones (excluding diaryl/α,β-unsaturated/α-hetero) is 1. The molecule has 0 aromatic carbocycles. The molecule has 0 amide bonds. The van der Waals surface area contributed by atoms with Crippen molar-refractivity contribution >= 4 is 23.4 Å². The van der Waals surface area contributed by atoms with Gasteiger partial charge in [0.2, 0.25) is 0 Å². The summed E-state index contributed by atoms with van der Waals surface area (Å²) < 4.78 is 11.0. The molecule has 0 radical (unpaired) electrons. The van der Waals surface area contributed by atoms with E-state index in [9.17, 15) is 14.4 Å². The van der Waals surface area contributed by atoms with Crippen molar-refractivity contribution in [3.63, 3.8) is 0 Å². The molecule has 0 aliphatic heterocycles. The topological polar surface area (TPSA) is 99.9 Å². The summed E-state index contributed by atoms with van der Waals surface area (Å²) in [5.74, 6) is -2.31. The van der Waals surface area contributed by atoms with Crippen molar-refractivity contribution in [2.45, 2.75) is 41.5 Å². The summed E-state index contributed by atoms with van der Waals surface area (Å²) in [6.45, 7) is 10.9. The number of ether oxygens (including phenoxy) is 2. The molecule has 0 aliphatic carbocycles. The lowest BCUT2D eigenvalue weighted by Gasteiger charge is -2.09. The van der Waals surface area contributed by atoms with E-state index in [4.69, 9.17) is 9.47 Å². The van der Waals surface area contributed by atoms with Gasteiger partial charge < -0.3 is 9.47 Å². The first-order valence-corrected chi connectivity index (χ1v) is 8.16. The number of ketones is 1. The van der Waals surface area contributed by atoms with Gasteiger partial charge in [-0.2, -0.15) is 5.10 Å². The minimum Gasteiger partial charge on any atom is -0.461 e. The second kappa shape index (κ2) is 8.91. The van der Waals surface area contributed by atoms with Crippen LogP contribution in [0.25, 0.3) is 5.65 Å². The number of hydrogen-bond acceptors (Lipinski definition) is 7. The van der Waals surface area contributed by atoms with E-state index in [1.165, 1.54) is 10.6 Å². The number of esters is 2. The Labute approximate surface area is 146 Å². The zero-order chi connectivity index (χ0) is 19.1. The Morgan fingerprint density at radius 1 is 1.08 bits per heavy atom. The Morgan fingerprint density at radius 3 is 2.24 bits per heavy atom. The van der Waals surface area contributed by atoms with Gasteiger partial charge in [0.1, 0.15) is 0 Å². The molecule has 0 fully saturated rings. The smallest absolute Gasteiger partial charge is 0.379 e. The molecule has 0 atom stereocenters. The van der Waals surface area contributed by atoms with E-state index in [0.717, 1.165) is 0 Å². The molecule has 2 heterocycles. The maximum Gasteiger partial charge on any atom is 0.379 e. The van der Waals surface area contributed by atoms with Crippen LogP contribution in [0.2, 0.25) is 0 Å². The Morgan fingerprint density at radius 2 is 1.68 bits per heavy atom. The lowest BCUT2D eigenvalue weighted by molar-refractivity contribution is -0.137. The molecule has 0 N–H and O–H groups in total. The number of fused-ring (bicyclic) bond motifs is 1. The van der Waals surface area contributed by atoms with Crippen LogP contribution < -0.4 is 0 Å². The third kappa shape index (κ3) is 4.20. The molecular formula is C17H23N3O5. The lowest BCUT2D eigenvalue weighted by Crippen LogP contribution is -2.21. The van der Waals surface area contributed by atoms with Gasteiger partial charge in [0.25, 0.3) is 5.78 Å². The van der Waals surface area contributed by atoms with Crippen molar-refractivity contribution < 1.29 is 23.9 Å². The highest BCUT2D eigenvalue weighted by molar-refractivity contribution is 6.41. The van der Waals surface area contributed by atoms with Gasteiger partial charge in [0, 0.05) is 6.07 Å². The van der Waals surface area contributed by atoms with Gasteiger partial charge in [-0.15, -0.1) is 0 Å². The Balaban J connectivity index is 0.00000151. The average molecular weight is 349 g/mol. The molecule has 0 unspecified atom stereocenters. The van der Waals surface area contributed by atoms with Crippen molar-refractivity contribution in [2.75, 3.05) is 13.2 Å². The SMILES string of the molecule is CC.CCOC(=O)C(=O)c1c(C)nc2cc(C(=O)OCC)nn2c1C. The first-order valence-electron chi connectivity index (χ1n) is 8.16. The van der Waals surface area contributed by atoms with Crippen molar-refractivity contribution in [3.8, 4) is 0 Å². The number of nitrogens with zero attached hydrogens (tertiary/aromatic N) is 3. The highest BCUT2D eigenvalue weighted by Crippen LogP contribution is 2.17. The van der Waals surface area contributed by atoms with E-state index in [2.05, 4.69) is 10.1 Å². The van der Waals surface area contributed by atoms with Crippen molar-refractivity contribution in [1.29, 1.82) is 0 Å². The predicted molar refractivity (Wildman–Crippen MR) is 90.7 cm³/mol. The standard InChI is InChI=1S/C15H17N3O5.C2H6/c1-5-22-14(20)10-7-11-16-8(3)12(9(4)18(11)17-10)13(19)15(21)23-6-2;1-2/h7H,5-6H2,1-4H3;1-2H3. The van der Waals surface area contributed by atoms with Crippen LogP contribution in [0.1, 0.15) is 59.9 Å². The molecule has 8 heteroatoms. The summed E-state index contributed by atoms with van der Waals surface area (Å²) >= 11 is 0. The monoisotopic (exact) mass is 349 g/mol. The van der Waals surface area contributed by atoms with Gasteiger partial charge in [-0.25, -0.2) is 19.1 Å². The van der Waals surface area contributed by atoms with E-state index >= 15 is 0 Å². The minimum absolute atomic E-state index is 0.0857. The lowest BCUT2D eigenvalue weighted by atomic mass is 10.1. The van der Waals surface area contributed by atoms with E-state index in [-0.39, 0.29) is 24.5 Å². The number of rotatable bonds is 5. The summed E-state index contributed by atoms with van der Waals surface area (Å²) in [7, 11) is 0. The van der Waals surface area contributed by atoms with Crippen molar-refractivity contribution in [3.05, 3.63) is 28.7 Å². The van der Waals surface area contributed by atoms with Crippen molar-refractivity contribution in [1.82, 2.24) is 14.6 Å². The van der Waals surface area contributed by atoms with Crippen LogP contribution in [0.5, 0.6) is 0 Å². The molecule has 0 bridgehead atoms. The fourth-order valence-electron chi connectivity index (χ4n) is 2.23.